The molecule has 7 nitrogen and oxygen atoms in total. The Balaban J connectivity index is 1.53. The van der Waals surface area contributed by atoms with Crippen LogP contribution in [0.25, 0.3) is 0 Å². The molecule has 26 heavy (non-hydrogen) atoms. The SMILES string of the molecule is C[C@H](Sc1ccc([N+](=O)[O-])cc1)C(=O)N1CCN(c2cc[nH+]cc2)CC1. The largest absolute Gasteiger partial charge is 0.368 e. The maximum Gasteiger partial charge on any atom is 0.269 e. The van der Waals surface area contributed by atoms with Crippen LogP contribution in [0, 0.1) is 10.1 Å². The molecular weight excluding hydrogens is 352 g/mol. The molecule has 0 radical (unpaired) electrons. The number of nitro groups is 1. The number of hydrogen-bond donors (Lipinski definition) is 0. The van der Waals surface area contributed by atoms with Crippen molar-refractivity contribution in [2.24, 2.45) is 0 Å². The van der Waals surface area contributed by atoms with E-state index in [1.807, 2.05) is 36.4 Å². The maximum atomic E-state index is 12.7. The van der Waals surface area contributed by atoms with Crippen molar-refractivity contribution < 1.29 is 14.7 Å². The summed E-state index contributed by atoms with van der Waals surface area (Å²) in [5, 5.41) is 10.5. The summed E-state index contributed by atoms with van der Waals surface area (Å²) >= 11 is 1.43. The normalized spacial score (nSPS) is 15.6. The Labute approximate surface area is 156 Å². The number of aromatic nitrogens is 1. The first kappa shape index (κ1) is 18.2. The summed E-state index contributed by atoms with van der Waals surface area (Å²) < 4.78 is 0. The number of pyridine rings is 1. The summed E-state index contributed by atoms with van der Waals surface area (Å²) in [6.45, 7) is 4.90. The minimum Gasteiger partial charge on any atom is -0.368 e. The molecule has 3 rings (SSSR count). The average molecular weight is 373 g/mol. The number of H-pyrrole nitrogens is 1. The third kappa shape index (κ3) is 4.32. The number of piperazine rings is 1. The zero-order chi connectivity index (χ0) is 18.5. The van der Waals surface area contributed by atoms with Crippen LogP contribution < -0.4 is 9.88 Å². The molecule has 1 amide bonds. The fourth-order valence-electron chi connectivity index (χ4n) is 2.93. The fraction of sp³-hybridized carbons (Fsp3) is 0.333. The van der Waals surface area contributed by atoms with E-state index in [1.165, 1.54) is 23.9 Å². The predicted octanol–water partition coefficient (Wildman–Crippen LogP) is 2.24. The van der Waals surface area contributed by atoms with Gasteiger partial charge in [-0.05, 0) is 19.1 Å². The molecular formula is C18H21N4O3S+. The van der Waals surface area contributed by atoms with E-state index in [4.69, 9.17) is 0 Å². The van der Waals surface area contributed by atoms with Gasteiger partial charge in [-0.1, -0.05) is 0 Å². The first-order valence-corrected chi connectivity index (χ1v) is 9.33. The monoisotopic (exact) mass is 373 g/mol. The number of hydrogen-bond acceptors (Lipinski definition) is 5. The van der Waals surface area contributed by atoms with Crippen LogP contribution in [0.2, 0.25) is 0 Å². The molecule has 0 unspecified atom stereocenters. The van der Waals surface area contributed by atoms with Gasteiger partial charge in [-0.15, -0.1) is 11.8 Å². The van der Waals surface area contributed by atoms with Gasteiger partial charge in [-0.2, -0.15) is 0 Å². The lowest BCUT2D eigenvalue weighted by molar-refractivity contribution is -0.384. The number of carbonyl (C=O) groups is 1. The molecule has 136 valence electrons. The molecule has 1 aromatic heterocycles. The Hall–Kier alpha value is -2.61. The van der Waals surface area contributed by atoms with Crippen LogP contribution in [0.5, 0.6) is 0 Å². The summed E-state index contributed by atoms with van der Waals surface area (Å²) in [4.78, 5) is 31.0. The molecule has 1 saturated heterocycles. The summed E-state index contributed by atoms with van der Waals surface area (Å²) in [6.07, 6.45) is 3.80. The van der Waals surface area contributed by atoms with Crippen LogP contribution >= 0.6 is 11.8 Å². The number of anilines is 1. The van der Waals surface area contributed by atoms with Crippen molar-refractivity contribution in [2.75, 3.05) is 31.1 Å². The molecule has 0 aliphatic carbocycles. The average Bonchev–Trinajstić information content (AvgIpc) is 2.68. The minimum atomic E-state index is -0.423. The highest BCUT2D eigenvalue weighted by Gasteiger charge is 2.25. The number of nitrogens with one attached hydrogen (secondary N) is 1. The van der Waals surface area contributed by atoms with Crippen LogP contribution in [0.3, 0.4) is 0 Å². The lowest BCUT2D eigenvalue weighted by atomic mass is 10.2. The van der Waals surface area contributed by atoms with Crippen LogP contribution in [0.15, 0.2) is 53.7 Å². The Kier molecular flexibility index (Phi) is 5.72. The number of rotatable bonds is 5. The van der Waals surface area contributed by atoms with Gasteiger partial charge in [0.25, 0.3) is 5.69 Å². The highest BCUT2D eigenvalue weighted by Crippen LogP contribution is 2.27. The quantitative estimate of drug-likeness (QED) is 0.456. The zero-order valence-electron chi connectivity index (χ0n) is 14.5. The van der Waals surface area contributed by atoms with Gasteiger partial charge in [-0.25, -0.2) is 4.98 Å². The van der Waals surface area contributed by atoms with Crippen molar-refractivity contribution in [1.29, 1.82) is 0 Å². The third-order valence-corrected chi connectivity index (χ3v) is 5.46. The molecule has 1 atom stereocenters. The van der Waals surface area contributed by atoms with Crippen molar-refractivity contribution in [3.8, 4) is 0 Å². The summed E-state index contributed by atoms with van der Waals surface area (Å²) in [7, 11) is 0. The predicted molar refractivity (Wildman–Crippen MR) is 100 cm³/mol. The molecule has 0 saturated carbocycles. The number of amides is 1. The van der Waals surface area contributed by atoms with Crippen molar-refractivity contribution >= 4 is 29.0 Å². The molecule has 1 aliphatic rings. The lowest BCUT2D eigenvalue weighted by Crippen LogP contribution is -2.50. The number of non-ortho nitro benzene ring substituents is 1. The van der Waals surface area contributed by atoms with Crippen molar-refractivity contribution in [3.05, 3.63) is 58.9 Å². The van der Waals surface area contributed by atoms with Gasteiger partial charge >= 0.3 is 0 Å². The van der Waals surface area contributed by atoms with Crippen LogP contribution in [-0.4, -0.2) is 47.2 Å². The second kappa shape index (κ2) is 8.18. The third-order valence-electron chi connectivity index (χ3n) is 4.37. The molecule has 2 aromatic rings. The smallest absolute Gasteiger partial charge is 0.269 e. The molecule has 2 heterocycles. The van der Waals surface area contributed by atoms with E-state index in [0.717, 1.165) is 23.7 Å². The van der Waals surface area contributed by atoms with Crippen molar-refractivity contribution in [2.45, 2.75) is 17.1 Å². The Bertz CT molecular complexity index is 762. The first-order valence-electron chi connectivity index (χ1n) is 8.45. The van der Waals surface area contributed by atoms with Gasteiger partial charge < -0.3 is 9.80 Å². The molecule has 0 spiro atoms. The van der Waals surface area contributed by atoms with E-state index in [1.54, 1.807) is 12.1 Å². The van der Waals surface area contributed by atoms with E-state index >= 15 is 0 Å². The lowest BCUT2D eigenvalue weighted by Gasteiger charge is -2.36. The number of thioether (sulfide) groups is 1. The Morgan fingerprint density at radius 1 is 1.12 bits per heavy atom. The number of nitrogens with zero attached hydrogens (tertiary/aromatic N) is 3. The molecule has 1 N–H and O–H groups in total. The number of carbonyl (C=O) groups excluding carboxylic acids is 1. The highest BCUT2D eigenvalue weighted by molar-refractivity contribution is 8.00. The van der Waals surface area contributed by atoms with E-state index in [9.17, 15) is 14.9 Å². The van der Waals surface area contributed by atoms with Crippen LogP contribution in [-0.2, 0) is 4.79 Å². The van der Waals surface area contributed by atoms with Gasteiger partial charge in [0, 0.05) is 61.0 Å². The minimum absolute atomic E-state index is 0.0583. The fourth-order valence-corrected chi connectivity index (χ4v) is 3.88. The Morgan fingerprint density at radius 2 is 1.73 bits per heavy atom. The van der Waals surface area contributed by atoms with Crippen molar-refractivity contribution in [3.63, 3.8) is 0 Å². The van der Waals surface area contributed by atoms with Gasteiger partial charge in [0.1, 0.15) is 0 Å². The van der Waals surface area contributed by atoms with Gasteiger partial charge in [0.2, 0.25) is 5.91 Å². The molecule has 8 heteroatoms. The highest BCUT2D eigenvalue weighted by atomic mass is 32.2. The van der Waals surface area contributed by atoms with Gasteiger partial charge in [0.15, 0.2) is 12.4 Å². The number of benzene rings is 1. The molecule has 1 fully saturated rings. The van der Waals surface area contributed by atoms with Crippen LogP contribution in [0.4, 0.5) is 11.4 Å². The van der Waals surface area contributed by atoms with Gasteiger partial charge in [0.05, 0.1) is 10.2 Å². The summed E-state index contributed by atoms with van der Waals surface area (Å²) in [5.41, 5.74) is 1.21. The number of nitro benzene ring substituents is 1. The molecule has 1 aromatic carbocycles. The molecule has 0 bridgehead atoms. The topological polar surface area (TPSA) is 80.8 Å². The summed E-state index contributed by atoms with van der Waals surface area (Å²) in [5.74, 6) is 0.106. The van der Waals surface area contributed by atoms with Gasteiger partial charge in [-0.3, -0.25) is 14.9 Å². The molecule has 1 aliphatic heterocycles. The first-order chi connectivity index (χ1) is 12.5. The van der Waals surface area contributed by atoms with E-state index in [2.05, 4.69) is 9.88 Å². The maximum absolute atomic E-state index is 12.7. The van der Waals surface area contributed by atoms with E-state index in [-0.39, 0.29) is 16.8 Å². The van der Waals surface area contributed by atoms with Crippen molar-refractivity contribution in [1.82, 2.24) is 4.90 Å². The second-order valence-electron chi connectivity index (χ2n) is 6.08. The van der Waals surface area contributed by atoms with E-state index in [0.29, 0.717) is 13.1 Å². The number of aromatic amines is 1. The summed E-state index contributed by atoms with van der Waals surface area (Å²) in [6, 6.07) is 10.4. The van der Waals surface area contributed by atoms with E-state index < -0.39 is 4.92 Å². The van der Waals surface area contributed by atoms with Crippen LogP contribution in [0.1, 0.15) is 6.92 Å². The standard InChI is InChI=1S/C18H20N4O3S/c1-14(26-17-4-2-16(3-5-17)22(24)25)18(23)21-12-10-20(11-13-21)15-6-8-19-9-7-15/h2-9,14H,10-13H2,1H3/p+1/t14-/m0/s1. The zero-order valence-corrected chi connectivity index (χ0v) is 15.3. The second-order valence-corrected chi connectivity index (χ2v) is 7.50. The Morgan fingerprint density at radius 3 is 2.31 bits per heavy atom.